The first-order valence-corrected chi connectivity index (χ1v) is 5.93. The molecule has 0 saturated carbocycles. The third kappa shape index (κ3) is 1.84. The summed E-state index contributed by atoms with van der Waals surface area (Å²) < 4.78 is 2.23. The molecular weight excluding hydrogens is 204 g/mol. The predicted octanol–water partition coefficient (Wildman–Crippen LogP) is 1.97. The van der Waals surface area contributed by atoms with Crippen LogP contribution in [0.15, 0.2) is 0 Å². The van der Waals surface area contributed by atoms with Crippen LogP contribution < -0.4 is 0 Å². The van der Waals surface area contributed by atoms with E-state index in [1.165, 1.54) is 6.42 Å². The highest BCUT2D eigenvalue weighted by Gasteiger charge is 2.25. The van der Waals surface area contributed by atoms with Crippen LogP contribution in [0.2, 0.25) is 0 Å². The fourth-order valence-electron chi connectivity index (χ4n) is 2.60. The maximum Gasteiger partial charge on any atom is 0.309 e. The summed E-state index contributed by atoms with van der Waals surface area (Å²) in [5.74, 6) is 0.690. The number of aromatic nitrogens is 2. The topological polar surface area (TPSA) is 55.1 Å². The van der Waals surface area contributed by atoms with E-state index in [2.05, 4.69) is 23.4 Å². The van der Waals surface area contributed by atoms with Gasteiger partial charge in [0.2, 0.25) is 0 Å². The van der Waals surface area contributed by atoms with Crippen LogP contribution in [0.3, 0.4) is 0 Å². The molecule has 2 heterocycles. The number of carbonyl (C=O) groups is 1. The molecular formula is C12H18N2O2. The van der Waals surface area contributed by atoms with E-state index >= 15 is 0 Å². The Kier molecular flexibility index (Phi) is 2.99. The van der Waals surface area contributed by atoms with Gasteiger partial charge < -0.3 is 9.67 Å². The smallest absolute Gasteiger partial charge is 0.309 e. The van der Waals surface area contributed by atoms with Crippen molar-refractivity contribution in [2.75, 3.05) is 0 Å². The van der Waals surface area contributed by atoms with Gasteiger partial charge in [0.1, 0.15) is 5.82 Å². The Bertz CT molecular complexity index is 409. The van der Waals surface area contributed by atoms with Gasteiger partial charge in [0.05, 0.1) is 12.1 Å². The normalized spacial score (nSPS) is 19.5. The number of fused-ring (bicyclic) bond motifs is 1. The van der Waals surface area contributed by atoms with Crippen molar-refractivity contribution in [3.05, 3.63) is 17.2 Å². The average Bonchev–Trinajstić information content (AvgIpc) is 2.57. The van der Waals surface area contributed by atoms with Gasteiger partial charge in [-0.05, 0) is 18.8 Å². The zero-order chi connectivity index (χ0) is 11.7. The molecule has 0 fully saturated rings. The fraction of sp³-hybridized carbons (Fsp3) is 0.667. The van der Waals surface area contributed by atoms with Crippen molar-refractivity contribution in [2.24, 2.45) is 0 Å². The van der Waals surface area contributed by atoms with Crippen LogP contribution in [-0.2, 0) is 24.2 Å². The van der Waals surface area contributed by atoms with Crippen molar-refractivity contribution >= 4 is 5.97 Å². The molecule has 0 bridgehead atoms. The lowest BCUT2D eigenvalue weighted by molar-refractivity contribution is -0.136. The van der Waals surface area contributed by atoms with Crippen molar-refractivity contribution in [2.45, 2.75) is 52.0 Å². The summed E-state index contributed by atoms with van der Waals surface area (Å²) in [6, 6.07) is 0. The third-order valence-corrected chi connectivity index (χ3v) is 3.28. The molecule has 1 unspecified atom stereocenters. The first-order chi connectivity index (χ1) is 7.63. The standard InChI is InChI=1S/C12H18N2O2/c1-3-10-13-9(7-11(15)16)12-8(2)5-4-6-14(10)12/h8H,3-7H2,1-2H3,(H,15,16). The van der Waals surface area contributed by atoms with Crippen molar-refractivity contribution < 1.29 is 9.90 Å². The summed E-state index contributed by atoms with van der Waals surface area (Å²) in [6.07, 6.45) is 3.24. The van der Waals surface area contributed by atoms with Gasteiger partial charge in [0, 0.05) is 18.7 Å². The van der Waals surface area contributed by atoms with Gasteiger partial charge in [0.25, 0.3) is 0 Å². The van der Waals surface area contributed by atoms with E-state index < -0.39 is 5.97 Å². The van der Waals surface area contributed by atoms with Crippen LogP contribution >= 0.6 is 0 Å². The van der Waals surface area contributed by atoms with E-state index in [0.717, 1.165) is 36.6 Å². The summed E-state index contributed by atoms with van der Waals surface area (Å²) >= 11 is 0. The van der Waals surface area contributed by atoms with Gasteiger partial charge in [-0.15, -0.1) is 0 Å². The van der Waals surface area contributed by atoms with E-state index in [4.69, 9.17) is 5.11 Å². The first kappa shape index (κ1) is 11.2. The van der Waals surface area contributed by atoms with Crippen LogP contribution in [0.1, 0.15) is 49.8 Å². The van der Waals surface area contributed by atoms with E-state index in [1.54, 1.807) is 0 Å². The van der Waals surface area contributed by atoms with Gasteiger partial charge in [-0.1, -0.05) is 13.8 Å². The molecule has 0 radical (unpaired) electrons. The molecule has 0 amide bonds. The number of carboxylic acid groups (broad SMARTS) is 1. The second-order valence-corrected chi connectivity index (χ2v) is 4.48. The lowest BCUT2D eigenvalue weighted by atomic mass is 9.95. The summed E-state index contributed by atoms with van der Waals surface area (Å²) in [5.41, 5.74) is 1.93. The molecule has 1 aliphatic heterocycles. The molecule has 4 nitrogen and oxygen atoms in total. The number of aliphatic carboxylic acids is 1. The molecule has 88 valence electrons. The van der Waals surface area contributed by atoms with E-state index in [9.17, 15) is 4.79 Å². The van der Waals surface area contributed by atoms with Crippen LogP contribution in [-0.4, -0.2) is 20.6 Å². The molecule has 0 saturated heterocycles. The minimum absolute atomic E-state index is 0.0552. The fourth-order valence-corrected chi connectivity index (χ4v) is 2.60. The molecule has 1 atom stereocenters. The Morgan fingerprint density at radius 2 is 2.38 bits per heavy atom. The highest BCUT2D eigenvalue weighted by Crippen LogP contribution is 2.31. The number of hydrogen-bond acceptors (Lipinski definition) is 2. The number of aryl methyl sites for hydroxylation is 1. The second kappa shape index (κ2) is 4.28. The minimum Gasteiger partial charge on any atom is -0.481 e. The lowest BCUT2D eigenvalue weighted by Gasteiger charge is -2.23. The number of nitrogens with zero attached hydrogens (tertiary/aromatic N) is 2. The van der Waals surface area contributed by atoms with E-state index in [1.807, 2.05) is 0 Å². The van der Waals surface area contributed by atoms with Gasteiger partial charge >= 0.3 is 5.97 Å². The molecule has 0 aliphatic carbocycles. The minimum atomic E-state index is -0.790. The Morgan fingerprint density at radius 1 is 1.62 bits per heavy atom. The van der Waals surface area contributed by atoms with Crippen LogP contribution in [0.5, 0.6) is 0 Å². The van der Waals surface area contributed by atoms with Gasteiger partial charge in [-0.3, -0.25) is 4.79 Å². The Hall–Kier alpha value is -1.32. The summed E-state index contributed by atoms with van der Waals surface area (Å²) in [5, 5.41) is 8.89. The summed E-state index contributed by atoms with van der Waals surface area (Å²) in [7, 11) is 0. The Morgan fingerprint density at radius 3 is 3.00 bits per heavy atom. The maximum atomic E-state index is 10.8. The maximum absolute atomic E-state index is 10.8. The Labute approximate surface area is 95.3 Å². The van der Waals surface area contributed by atoms with Crippen molar-refractivity contribution in [1.29, 1.82) is 0 Å². The number of imidazole rings is 1. The number of carboxylic acids is 1. The predicted molar refractivity (Wildman–Crippen MR) is 60.6 cm³/mol. The molecule has 1 aliphatic rings. The summed E-state index contributed by atoms with van der Waals surface area (Å²) in [6.45, 7) is 5.23. The van der Waals surface area contributed by atoms with Crippen LogP contribution in [0.25, 0.3) is 0 Å². The van der Waals surface area contributed by atoms with Crippen LogP contribution in [0.4, 0.5) is 0 Å². The largest absolute Gasteiger partial charge is 0.481 e. The average molecular weight is 222 g/mol. The van der Waals surface area contributed by atoms with E-state index in [0.29, 0.717) is 5.92 Å². The first-order valence-electron chi connectivity index (χ1n) is 5.93. The monoisotopic (exact) mass is 222 g/mol. The molecule has 16 heavy (non-hydrogen) atoms. The molecule has 1 N–H and O–H groups in total. The molecule has 1 aromatic rings. The zero-order valence-corrected chi connectivity index (χ0v) is 9.86. The molecule has 2 rings (SSSR count). The molecule has 4 heteroatoms. The Balaban J connectivity index is 2.45. The third-order valence-electron chi connectivity index (χ3n) is 3.28. The van der Waals surface area contributed by atoms with Crippen molar-refractivity contribution in [3.8, 4) is 0 Å². The van der Waals surface area contributed by atoms with Gasteiger partial charge in [0.15, 0.2) is 0 Å². The number of rotatable bonds is 3. The van der Waals surface area contributed by atoms with Gasteiger partial charge in [-0.2, -0.15) is 0 Å². The zero-order valence-electron chi connectivity index (χ0n) is 9.86. The summed E-state index contributed by atoms with van der Waals surface area (Å²) in [4.78, 5) is 15.3. The second-order valence-electron chi connectivity index (χ2n) is 4.48. The van der Waals surface area contributed by atoms with Crippen molar-refractivity contribution in [1.82, 2.24) is 9.55 Å². The van der Waals surface area contributed by atoms with Crippen molar-refractivity contribution in [3.63, 3.8) is 0 Å². The number of hydrogen-bond donors (Lipinski definition) is 1. The molecule has 0 spiro atoms. The highest BCUT2D eigenvalue weighted by atomic mass is 16.4. The molecule has 1 aromatic heterocycles. The van der Waals surface area contributed by atoms with Crippen LogP contribution in [0, 0.1) is 0 Å². The quantitative estimate of drug-likeness (QED) is 0.850. The lowest BCUT2D eigenvalue weighted by Crippen LogP contribution is -2.17. The van der Waals surface area contributed by atoms with E-state index in [-0.39, 0.29) is 6.42 Å². The van der Waals surface area contributed by atoms with Gasteiger partial charge in [-0.25, -0.2) is 4.98 Å². The molecule has 0 aromatic carbocycles. The SMILES string of the molecule is CCc1nc(CC(=O)O)c2n1CCCC2C. The highest BCUT2D eigenvalue weighted by molar-refractivity contribution is 5.70.